The lowest BCUT2D eigenvalue weighted by Crippen LogP contribution is -2.21. The van der Waals surface area contributed by atoms with Crippen LogP contribution in [0.15, 0.2) is 18.2 Å². The van der Waals surface area contributed by atoms with Crippen LogP contribution in [0.3, 0.4) is 0 Å². The number of hydrogen-bond acceptors (Lipinski definition) is 2. The van der Waals surface area contributed by atoms with Crippen molar-refractivity contribution in [1.82, 2.24) is 5.32 Å². The third-order valence-corrected chi connectivity index (χ3v) is 2.46. The van der Waals surface area contributed by atoms with E-state index in [1.165, 1.54) is 0 Å². The molecule has 2 nitrogen and oxygen atoms in total. The molecular weight excluding hydrogens is 210 g/mol. The van der Waals surface area contributed by atoms with E-state index < -0.39 is 0 Å². The largest absolute Gasteiger partial charge is 0.492 e. The molecule has 1 N–H and O–H groups in total. The van der Waals surface area contributed by atoms with Crippen LogP contribution in [0.1, 0.15) is 12.5 Å². The molecule has 0 spiro atoms. The highest BCUT2D eigenvalue weighted by atomic mass is 35.5. The fourth-order valence-electron chi connectivity index (χ4n) is 1.36. The van der Waals surface area contributed by atoms with Gasteiger partial charge >= 0.3 is 0 Å². The highest BCUT2D eigenvalue weighted by Crippen LogP contribution is 2.25. The smallest absolute Gasteiger partial charge is 0.137 e. The van der Waals surface area contributed by atoms with Gasteiger partial charge in [0.1, 0.15) is 5.75 Å². The lowest BCUT2D eigenvalue weighted by Gasteiger charge is -2.13. The standard InChI is InChI=1S/C12H18ClNO/c1-9-4-5-12(11(13)6-9)15-8-10(2)7-14-3/h4-6,10,14H,7-8H2,1-3H3. The first kappa shape index (κ1) is 12.3. The van der Waals surface area contributed by atoms with E-state index in [0.29, 0.717) is 17.5 Å². The Morgan fingerprint density at radius 3 is 2.80 bits per heavy atom. The molecule has 3 heteroatoms. The number of hydrogen-bond donors (Lipinski definition) is 1. The molecule has 0 aliphatic heterocycles. The zero-order valence-electron chi connectivity index (χ0n) is 9.51. The van der Waals surface area contributed by atoms with Gasteiger partial charge in [0, 0.05) is 12.5 Å². The molecule has 0 radical (unpaired) electrons. The Hall–Kier alpha value is -0.730. The van der Waals surface area contributed by atoms with Crippen LogP contribution < -0.4 is 10.1 Å². The molecule has 0 saturated carbocycles. The first-order chi connectivity index (χ1) is 7.13. The van der Waals surface area contributed by atoms with E-state index in [0.717, 1.165) is 17.9 Å². The van der Waals surface area contributed by atoms with Crippen molar-refractivity contribution in [2.24, 2.45) is 5.92 Å². The maximum atomic E-state index is 6.05. The average molecular weight is 228 g/mol. The summed E-state index contributed by atoms with van der Waals surface area (Å²) < 4.78 is 5.63. The van der Waals surface area contributed by atoms with Crippen LogP contribution in [-0.4, -0.2) is 20.2 Å². The topological polar surface area (TPSA) is 21.3 Å². The molecule has 1 rings (SSSR count). The SMILES string of the molecule is CNCC(C)COc1ccc(C)cc1Cl. The Balaban J connectivity index is 2.50. The van der Waals surface area contributed by atoms with Crippen LogP contribution in [-0.2, 0) is 0 Å². The maximum Gasteiger partial charge on any atom is 0.137 e. The summed E-state index contributed by atoms with van der Waals surface area (Å²) in [5.41, 5.74) is 1.15. The lowest BCUT2D eigenvalue weighted by molar-refractivity contribution is 0.258. The van der Waals surface area contributed by atoms with Gasteiger partial charge in [0.15, 0.2) is 0 Å². The van der Waals surface area contributed by atoms with Gasteiger partial charge in [-0.25, -0.2) is 0 Å². The molecule has 1 aromatic carbocycles. The van der Waals surface area contributed by atoms with Crippen LogP contribution in [0.5, 0.6) is 5.75 Å². The first-order valence-electron chi connectivity index (χ1n) is 5.17. The molecule has 0 aromatic heterocycles. The Morgan fingerprint density at radius 1 is 1.47 bits per heavy atom. The second-order valence-corrected chi connectivity index (χ2v) is 4.31. The molecule has 1 atom stereocenters. The number of rotatable bonds is 5. The number of ether oxygens (including phenoxy) is 1. The van der Waals surface area contributed by atoms with E-state index in [9.17, 15) is 0 Å². The van der Waals surface area contributed by atoms with E-state index in [-0.39, 0.29) is 0 Å². The third kappa shape index (κ3) is 4.10. The van der Waals surface area contributed by atoms with Crippen LogP contribution in [0.4, 0.5) is 0 Å². The van der Waals surface area contributed by atoms with Gasteiger partial charge in [0.2, 0.25) is 0 Å². The second-order valence-electron chi connectivity index (χ2n) is 3.91. The quantitative estimate of drug-likeness (QED) is 0.835. The molecule has 1 unspecified atom stereocenters. The Kier molecular flexibility index (Phi) is 4.92. The van der Waals surface area contributed by atoms with Crippen LogP contribution >= 0.6 is 11.6 Å². The summed E-state index contributed by atoms with van der Waals surface area (Å²) in [4.78, 5) is 0. The zero-order chi connectivity index (χ0) is 11.3. The molecule has 0 fully saturated rings. The summed E-state index contributed by atoms with van der Waals surface area (Å²) in [5.74, 6) is 1.25. The van der Waals surface area contributed by atoms with Crippen molar-refractivity contribution in [2.75, 3.05) is 20.2 Å². The molecule has 84 valence electrons. The summed E-state index contributed by atoms with van der Waals surface area (Å²) in [7, 11) is 1.94. The van der Waals surface area contributed by atoms with E-state index in [4.69, 9.17) is 16.3 Å². The van der Waals surface area contributed by atoms with Gasteiger partial charge in [-0.3, -0.25) is 0 Å². The van der Waals surface area contributed by atoms with Gasteiger partial charge in [0.05, 0.1) is 11.6 Å². The monoisotopic (exact) mass is 227 g/mol. The van der Waals surface area contributed by atoms with Gasteiger partial charge < -0.3 is 10.1 Å². The van der Waals surface area contributed by atoms with Gasteiger partial charge in [-0.05, 0) is 31.7 Å². The van der Waals surface area contributed by atoms with Crippen molar-refractivity contribution in [3.05, 3.63) is 28.8 Å². The summed E-state index contributed by atoms with van der Waals surface area (Å²) in [6.07, 6.45) is 0. The minimum absolute atomic E-state index is 0.479. The normalized spacial score (nSPS) is 12.5. The van der Waals surface area contributed by atoms with E-state index in [2.05, 4.69) is 12.2 Å². The van der Waals surface area contributed by atoms with Crippen LogP contribution in [0, 0.1) is 12.8 Å². The number of nitrogens with one attached hydrogen (secondary N) is 1. The summed E-state index contributed by atoms with van der Waals surface area (Å²) in [6, 6.07) is 5.84. The summed E-state index contributed by atoms with van der Waals surface area (Å²) >= 11 is 6.05. The minimum Gasteiger partial charge on any atom is -0.492 e. The van der Waals surface area contributed by atoms with Crippen molar-refractivity contribution in [3.8, 4) is 5.75 Å². The highest BCUT2D eigenvalue weighted by molar-refractivity contribution is 6.32. The van der Waals surface area contributed by atoms with Crippen molar-refractivity contribution in [2.45, 2.75) is 13.8 Å². The Morgan fingerprint density at radius 2 is 2.20 bits per heavy atom. The fraction of sp³-hybridized carbons (Fsp3) is 0.500. The van der Waals surface area contributed by atoms with Crippen LogP contribution in [0.2, 0.25) is 5.02 Å². The summed E-state index contributed by atoms with van der Waals surface area (Å²) in [5, 5.41) is 3.80. The Bertz CT molecular complexity index is 314. The van der Waals surface area contributed by atoms with Gasteiger partial charge in [0.25, 0.3) is 0 Å². The highest BCUT2D eigenvalue weighted by Gasteiger charge is 2.05. The fourth-order valence-corrected chi connectivity index (χ4v) is 1.65. The predicted octanol–water partition coefficient (Wildman–Crippen LogP) is 2.88. The maximum absolute atomic E-state index is 6.05. The molecule has 15 heavy (non-hydrogen) atoms. The molecule has 0 aliphatic rings. The van der Waals surface area contributed by atoms with Crippen molar-refractivity contribution in [3.63, 3.8) is 0 Å². The summed E-state index contributed by atoms with van der Waals surface area (Å²) in [6.45, 7) is 5.78. The second kappa shape index (κ2) is 5.99. The Labute approximate surface area is 96.6 Å². The van der Waals surface area contributed by atoms with Gasteiger partial charge in [-0.2, -0.15) is 0 Å². The molecule has 0 amide bonds. The molecule has 0 heterocycles. The van der Waals surface area contributed by atoms with Gasteiger partial charge in [-0.1, -0.05) is 24.6 Å². The van der Waals surface area contributed by atoms with E-state index >= 15 is 0 Å². The average Bonchev–Trinajstić information content (AvgIpc) is 2.17. The van der Waals surface area contributed by atoms with E-state index in [1.54, 1.807) is 0 Å². The molecule has 1 aromatic rings. The molecule has 0 bridgehead atoms. The number of aryl methyl sites for hydroxylation is 1. The lowest BCUT2D eigenvalue weighted by atomic mass is 10.2. The van der Waals surface area contributed by atoms with E-state index in [1.807, 2.05) is 32.2 Å². The van der Waals surface area contributed by atoms with Crippen molar-refractivity contribution in [1.29, 1.82) is 0 Å². The number of halogens is 1. The molecule has 0 saturated heterocycles. The molecule has 0 aliphatic carbocycles. The first-order valence-corrected chi connectivity index (χ1v) is 5.55. The molecular formula is C12H18ClNO. The zero-order valence-corrected chi connectivity index (χ0v) is 10.3. The predicted molar refractivity (Wildman–Crippen MR) is 64.8 cm³/mol. The number of benzene rings is 1. The minimum atomic E-state index is 0.479. The third-order valence-electron chi connectivity index (χ3n) is 2.16. The van der Waals surface area contributed by atoms with Gasteiger partial charge in [-0.15, -0.1) is 0 Å². The van der Waals surface area contributed by atoms with Crippen molar-refractivity contribution < 1.29 is 4.74 Å². The van der Waals surface area contributed by atoms with Crippen molar-refractivity contribution >= 4 is 11.6 Å². The van der Waals surface area contributed by atoms with Crippen LogP contribution in [0.25, 0.3) is 0 Å².